The van der Waals surface area contributed by atoms with Crippen molar-refractivity contribution in [2.45, 2.75) is 13.8 Å². The topological polar surface area (TPSA) is 85.3 Å². The van der Waals surface area contributed by atoms with E-state index >= 15 is 0 Å². The monoisotopic (exact) mass is 257 g/mol. The minimum atomic E-state index is -0.985. The fourth-order valence-electron chi connectivity index (χ4n) is 2.16. The number of rotatable bonds is 2. The molecule has 0 spiro atoms. The Hall–Kier alpha value is -2.70. The molecule has 3 rings (SSSR count). The lowest BCUT2D eigenvalue weighted by molar-refractivity contribution is 0.0695. The van der Waals surface area contributed by atoms with E-state index in [2.05, 4.69) is 15.2 Å². The molecule has 0 atom stereocenters. The highest BCUT2D eigenvalue weighted by atomic mass is 16.4. The van der Waals surface area contributed by atoms with Gasteiger partial charge in [-0.2, -0.15) is 10.2 Å². The van der Waals surface area contributed by atoms with E-state index < -0.39 is 5.97 Å². The molecule has 0 unspecified atom stereocenters. The van der Waals surface area contributed by atoms with E-state index in [1.54, 1.807) is 43.0 Å². The van der Waals surface area contributed by atoms with Crippen LogP contribution in [0.25, 0.3) is 11.3 Å². The van der Waals surface area contributed by atoms with Crippen LogP contribution in [-0.4, -0.2) is 35.5 Å². The summed E-state index contributed by atoms with van der Waals surface area (Å²) in [6.07, 6.45) is 4.99. The number of carboxylic acids is 1. The highest BCUT2D eigenvalue weighted by Gasteiger charge is 2.20. The van der Waals surface area contributed by atoms with Gasteiger partial charge in [0, 0.05) is 12.4 Å². The second-order valence-corrected chi connectivity index (χ2v) is 4.17. The van der Waals surface area contributed by atoms with Crippen molar-refractivity contribution in [3.8, 4) is 5.82 Å². The number of nitrogens with zero attached hydrogens (tertiary/aromatic N) is 5. The van der Waals surface area contributed by atoms with Crippen LogP contribution in [-0.2, 0) is 0 Å². The second kappa shape index (κ2) is 3.91. The number of aromatic nitrogens is 5. The molecular formula is C12H11N5O2. The van der Waals surface area contributed by atoms with Gasteiger partial charge >= 0.3 is 5.97 Å². The highest BCUT2D eigenvalue weighted by Crippen LogP contribution is 2.19. The molecule has 0 aliphatic carbocycles. The lowest BCUT2D eigenvalue weighted by Crippen LogP contribution is -2.06. The zero-order valence-electron chi connectivity index (χ0n) is 10.4. The molecule has 0 aromatic carbocycles. The predicted molar refractivity (Wildman–Crippen MR) is 66.5 cm³/mol. The van der Waals surface area contributed by atoms with Gasteiger partial charge in [-0.05, 0) is 19.9 Å². The molecule has 0 aliphatic heterocycles. The van der Waals surface area contributed by atoms with Gasteiger partial charge in [-0.15, -0.1) is 0 Å². The number of aryl methyl sites for hydroxylation is 1. The Balaban J connectivity index is 2.31. The lowest BCUT2D eigenvalue weighted by Gasteiger charge is -2.05. The Kier molecular flexibility index (Phi) is 2.34. The maximum atomic E-state index is 11.2. The van der Waals surface area contributed by atoms with Crippen LogP contribution >= 0.6 is 0 Å². The molecule has 3 heterocycles. The third-order valence-electron chi connectivity index (χ3n) is 3.01. The Morgan fingerprint density at radius 3 is 2.79 bits per heavy atom. The number of aromatic carboxylic acids is 1. The predicted octanol–water partition coefficient (Wildman–Crippen LogP) is 1.23. The van der Waals surface area contributed by atoms with Crippen molar-refractivity contribution in [1.82, 2.24) is 24.4 Å². The first-order chi connectivity index (χ1) is 9.09. The zero-order valence-corrected chi connectivity index (χ0v) is 10.4. The summed E-state index contributed by atoms with van der Waals surface area (Å²) in [5, 5.41) is 17.6. The van der Waals surface area contributed by atoms with Gasteiger partial charge in [-0.25, -0.2) is 19.0 Å². The maximum Gasteiger partial charge on any atom is 0.339 e. The largest absolute Gasteiger partial charge is 0.478 e. The molecule has 0 radical (unpaired) electrons. The van der Waals surface area contributed by atoms with E-state index in [0.717, 1.165) is 5.52 Å². The maximum absolute atomic E-state index is 11.2. The van der Waals surface area contributed by atoms with Gasteiger partial charge in [-0.3, -0.25) is 0 Å². The van der Waals surface area contributed by atoms with Crippen molar-refractivity contribution in [3.63, 3.8) is 0 Å². The minimum Gasteiger partial charge on any atom is -0.478 e. The van der Waals surface area contributed by atoms with E-state index in [4.69, 9.17) is 0 Å². The number of carbonyl (C=O) groups is 1. The molecule has 1 N–H and O–H groups in total. The van der Waals surface area contributed by atoms with Crippen molar-refractivity contribution in [1.29, 1.82) is 0 Å². The van der Waals surface area contributed by atoms with Gasteiger partial charge in [0.25, 0.3) is 0 Å². The summed E-state index contributed by atoms with van der Waals surface area (Å²) >= 11 is 0. The zero-order chi connectivity index (χ0) is 13.6. The quantitative estimate of drug-likeness (QED) is 0.746. The molecule has 0 bridgehead atoms. The molecule has 7 heteroatoms. The van der Waals surface area contributed by atoms with E-state index in [0.29, 0.717) is 17.2 Å². The smallest absolute Gasteiger partial charge is 0.339 e. The second-order valence-electron chi connectivity index (χ2n) is 4.17. The van der Waals surface area contributed by atoms with Crippen molar-refractivity contribution in [3.05, 3.63) is 41.6 Å². The van der Waals surface area contributed by atoms with Gasteiger partial charge in [0.05, 0.1) is 17.6 Å². The fraction of sp³-hybridized carbons (Fsp3) is 0.167. The summed E-state index contributed by atoms with van der Waals surface area (Å²) in [7, 11) is 0. The van der Waals surface area contributed by atoms with E-state index in [1.807, 2.05) is 0 Å². The van der Waals surface area contributed by atoms with Crippen LogP contribution in [0, 0.1) is 13.8 Å². The first-order valence-electron chi connectivity index (χ1n) is 5.68. The molecule has 3 aromatic rings. The van der Waals surface area contributed by atoms with Crippen molar-refractivity contribution < 1.29 is 9.90 Å². The van der Waals surface area contributed by atoms with Gasteiger partial charge in [0.1, 0.15) is 11.1 Å². The summed E-state index contributed by atoms with van der Waals surface area (Å²) in [6.45, 7) is 3.38. The first-order valence-corrected chi connectivity index (χ1v) is 5.68. The molecule has 0 saturated carbocycles. The third-order valence-corrected chi connectivity index (χ3v) is 3.01. The van der Waals surface area contributed by atoms with Gasteiger partial charge in [0.15, 0.2) is 5.82 Å². The normalized spacial score (nSPS) is 11.1. The Morgan fingerprint density at radius 2 is 2.11 bits per heavy atom. The Labute approximate surface area is 108 Å². The molecule has 0 fully saturated rings. The van der Waals surface area contributed by atoms with E-state index in [1.165, 1.54) is 4.68 Å². The Bertz CT molecular complexity index is 787. The van der Waals surface area contributed by atoms with Crippen LogP contribution in [0.4, 0.5) is 0 Å². The summed E-state index contributed by atoms with van der Waals surface area (Å²) in [5.41, 5.74) is 1.99. The molecule has 96 valence electrons. The van der Waals surface area contributed by atoms with E-state index in [9.17, 15) is 9.90 Å². The molecular weight excluding hydrogens is 246 g/mol. The molecule has 0 aliphatic rings. The third kappa shape index (κ3) is 1.59. The molecule has 3 aromatic heterocycles. The molecule has 0 amide bonds. The minimum absolute atomic E-state index is 0.211. The molecule has 0 saturated heterocycles. The standard InChI is InChI=1S/C12H11N5O2/c1-7-10(12(18)19)8(2)17(15-7)11-9-3-4-14-16(9)6-5-13-11/h3-6H,1-2H3,(H,18,19). The first kappa shape index (κ1) is 11.4. The summed E-state index contributed by atoms with van der Waals surface area (Å²) in [6, 6.07) is 1.80. The Morgan fingerprint density at radius 1 is 1.32 bits per heavy atom. The van der Waals surface area contributed by atoms with Gasteiger partial charge in [0.2, 0.25) is 0 Å². The summed E-state index contributed by atoms with van der Waals surface area (Å²) in [4.78, 5) is 15.5. The van der Waals surface area contributed by atoms with Crippen LogP contribution in [0.15, 0.2) is 24.7 Å². The molecule has 7 nitrogen and oxygen atoms in total. The van der Waals surface area contributed by atoms with Crippen molar-refractivity contribution in [2.75, 3.05) is 0 Å². The highest BCUT2D eigenvalue weighted by molar-refractivity contribution is 5.90. The fourth-order valence-corrected chi connectivity index (χ4v) is 2.16. The average molecular weight is 257 g/mol. The van der Waals surface area contributed by atoms with Crippen molar-refractivity contribution >= 4 is 11.5 Å². The van der Waals surface area contributed by atoms with Crippen LogP contribution in [0.3, 0.4) is 0 Å². The molecule has 19 heavy (non-hydrogen) atoms. The van der Waals surface area contributed by atoms with Crippen LogP contribution in [0.2, 0.25) is 0 Å². The van der Waals surface area contributed by atoms with Gasteiger partial charge < -0.3 is 5.11 Å². The summed E-state index contributed by atoms with van der Waals surface area (Å²) < 4.78 is 3.20. The number of hydrogen-bond donors (Lipinski definition) is 1. The average Bonchev–Trinajstić information content (AvgIpc) is 2.93. The lowest BCUT2D eigenvalue weighted by atomic mass is 10.2. The number of fused-ring (bicyclic) bond motifs is 1. The van der Waals surface area contributed by atoms with Crippen molar-refractivity contribution in [2.24, 2.45) is 0 Å². The van der Waals surface area contributed by atoms with E-state index in [-0.39, 0.29) is 5.56 Å². The number of hydrogen-bond acceptors (Lipinski definition) is 4. The number of carboxylic acid groups (broad SMARTS) is 1. The van der Waals surface area contributed by atoms with Crippen LogP contribution in [0.1, 0.15) is 21.7 Å². The van der Waals surface area contributed by atoms with Gasteiger partial charge in [-0.1, -0.05) is 0 Å². The summed E-state index contributed by atoms with van der Waals surface area (Å²) in [5.74, 6) is -0.421. The SMILES string of the molecule is Cc1nn(-c2nccn3nccc23)c(C)c1C(=O)O. The van der Waals surface area contributed by atoms with Crippen LogP contribution in [0.5, 0.6) is 0 Å². The van der Waals surface area contributed by atoms with Crippen LogP contribution < -0.4 is 0 Å².